The van der Waals surface area contributed by atoms with Crippen LogP contribution in [0, 0.1) is 11.3 Å². The molecule has 1 aliphatic heterocycles. The zero-order valence-corrected chi connectivity index (χ0v) is 11.0. The molecule has 0 amide bonds. The summed E-state index contributed by atoms with van der Waals surface area (Å²) in [5, 5.41) is 13.3. The third-order valence-corrected chi connectivity index (χ3v) is 3.29. The van der Waals surface area contributed by atoms with Gasteiger partial charge in [0.25, 0.3) is 0 Å². The molecule has 1 fully saturated rings. The lowest BCUT2D eigenvalue weighted by Crippen LogP contribution is -2.36. The van der Waals surface area contributed by atoms with E-state index in [9.17, 15) is 0 Å². The van der Waals surface area contributed by atoms with Gasteiger partial charge in [-0.15, -0.1) is 5.10 Å². The average Bonchev–Trinajstić information content (AvgIpc) is 2.90. The van der Waals surface area contributed by atoms with Gasteiger partial charge in [0.2, 0.25) is 0 Å². The van der Waals surface area contributed by atoms with Crippen molar-refractivity contribution < 1.29 is 4.74 Å². The van der Waals surface area contributed by atoms with E-state index in [1.54, 1.807) is 23.0 Å². The van der Waals surface area contributed by atoms with E-state index in [0.717, 1.165) is 24.6 Å². The summed E-state index contributed by atoms with van der Waals surface area (Å²) in [5.74, 6) is 0.789. The molecule has 102 valence electrons. The summed E-state index contributed by atoms with van der Waals surface area (Å²) in [6.07, 6.45) is 1.80. The second-order valence-electron chi connectivity index (χ2n) is 4.61. The number of nitrogens with two attached hydrogens (primary N) is 1. The summed E-state index contributed by atoms with van der Waals surface area (Å²) in [7, 11) is 0. The van der Waals surface area contributed by atoms with Crippen LogP contribution in [-0.2, 0) is 4.74 Å². The number of nitrogen functional groups attached to an aromatic ring is 1. The van der Waals surface area contributed by atoms with Crippen LogP contribution < -0.4 is 10.6 Å². The average molecular weight is 269 g/mol. The van der Waals surface area contributed by atoms with Crippen LogP contribution in [0.5, 0.6) is 0 Å². The van der Waals surface area contributed by atoms with Crippen molar-refractivity contribution in [3.05, 3.63) is 36.0 Å². The second kappa shape index (κ2) is 5.23. The van der Waals surface area contributed by atoms with Gasteiger partial charge < -0.3 is 15.4 Å². The highest BCUT2D eigenvalue weighted by atomic mass is 16.5. The zero-order chi connectivity index (χ0) is 13.9. The number of morpholine rings is 1. The van der Waals surface area contributed by atoms with Crippen LogP contribution in [0.2, 0.25) is 0 Å². The minimum Gasteiger partial charge on any atom is -0.394 e. The molecule has 2 aromatic rings. The predicted octanol–water partition coefficient (Wildman–Crippen LogP) is 1.16. The maximum atomic E-state index is 8.81. The van der Waals surface area contributed by atoms with Gasteiger partial charge >= 0.3 is 0 Å². The summed E-state index contributed by atoms with van der Waals surface area (Å²) in [6, 6.07) is 9.34. The molecular formula is C14H15N5O. The Morgan fingerprint density at radius 3 is 2.55 bits per heavy atom. The Morgan fingerprint density at radius 2 is 1.90 bits per heavy atom. The number of nitrogens with zero attached hydrogens (tertiary/aromatic N) is 4. The Morgan fingerprint density at radius 1 is 1.20 bits per heavy atom. The van der Waals surface area contributed by atoms with Crippen LogP contribution in [0.1, 0.15) is 5.56 Å². The lowest BCUT2D eigenvalue weighted by molar-refractivity contribution is 0.122. The normalized spacial score (nSPS) is 15.1. The van der Waals surface area contributed by atoms with E-state index >= 15 is 0 Å². The van der Waals surface area contributed by atoms with E-state index in [1.807, 2.05) is 12.1 Å². The Balaban J connectivity index is 1.89. The van der Waals surface area contributed by atoms with Gasteiger partial charge in [-0.1, -0.05) is 0 Å². The smallest absolute Gasteiger partial charge is 0.174 e. The molecule has 0 aliphatic carbocycles. The molecule has 0 saturated carbocycles. The van der Waals surface area contributed by atoms with Crippen molar-refractivity contribution in [2.75, 3.05) is 36.9 Å². The van der Waals surface area contributed by atoms with E-state index in [2.05, 4.69) is 16.1 Å². The van der Waals surface area contributed by atoms with Crippen molar-refractivity contribution in [1.82, 2.24) is 9.78 Å². The topological polar surface area (TPSA) is 80.1 Å². The number of anilines is 2. The van der Waals surface area contributed by atoms with Crippen molar-refractivity contribution in [3.63, 3.8) is 0 Å². The molecule has 0 bridgehead atoms. The maximum absolute atomic E-state index is 8.81. The van der Waals surface area contributed by atoms with E-state index < -0.39 is 0 Å². The number of ether oxygens (including phenoxy) is 1. The predicted molar refractivity (Wildman–Crippen MR) is 75.7 cm³/mol. The number of benzene rings is 1. The molecule has 0 unspecified atom stereocenters. The molecule has 1 saturated heterocycles. The van der Waals surface area contributed by atoms with Crippen molar-refractivity contribution in [2.24, 2.45) is 0 Å². The molecule has 2 N–H and O–H groups in total. The zero-order valence-electron chi connectivity index (χ0n) is 11.0. The highest BCUT2D eigenvalue weighted by molar-refractivity contribution is 5.63. The van der Waals surface area contributed by atoms with Gasteiger partial charge in [0.1, 0.15) is 0 Å². The largest absolute Gasteiger partial charge is 0.394 e. The third kappa shape index (κ3) is 2.31. The van der Waals surface area contributed by atoms with E-state index in [4.69, 9.17) is 15.7 Å². The van der Waals surface area contributed by atoms with Gasteiger partial charge in [-0.3, -0.25) is 0 Å². The van der Waals surface area contributed by atoms with Crippen LogP contribution in [0.3, 0.4) is 0 Å². The third-order valence-electron chi connectivity index (χ3n) is 3.29. The summed E-state index contributed by atoms with van der Waals surface area (Å²) in [6.45, 7) is 3.00. The van der Waals surface area contributed by atoms with Crippen molar-refractivity contribution in [3.8, 4) is 11.8 Å². The van der Waals surface area contributed by atoms with Crippen molar-refractivity contribution >= 4 is 11.5 Å². The highest BCUT2D eigenvalue weighted by Crippen LogP contribution is 2.23. The Bertz CT molecular complexity index is 635. The SMILES string of the molecule is N#Cc1ccc(-n2cc(N)c(N3CCOCC3)n2)cc1. The fourth-order valence-electron chi connectivity index (χ4n) is 2.22. The first-order valence-electron chi connectivity index (χ1n) is 6.46. The summed E-state index contributed by atoms with van der Waals surface area (Å²) in [5.41, 5.74) is 8.21. The quantitative estimate of drug-likeness (QED) is 0.885. The molecular weight excluding hydrogens is 254 g/mol. The van der Waals surface area contributed by atoms with Gasteiger partial charge in [0.15, 0.2) is 5.82 Å². The first-order chi connectivity index (χ1) is 9.78. The van der Waals surface area contributed by atoms with Gasteiger partial charge in [0.05, 0.1) is 42.4 Å². The van der Waals surface area contributed by atoms with Gasteiger partial charge in [-0.25, -0.2) is 4.68 Å². The number of hydrogen-bond donors (Lipinski definition) is 1. The Labute approximate surface area is 117 Å². The molecule has 3 rings (SSSR count). The minimum absolute atomic E-state index is 0.627. The van der Waals surface area contributed by atoms with Gasteiger partial charge in [-0.05, 0) is 24.3 Å². The van der Waals surface area contributed by atoms with Crippen LogP contribution in [0.15, 0.2) is 30.5 Å². The number of aromatic nitrogens is 2. The fraction of sp³-hybridized carbons (Fsp3) is 0.286. The Hall–Kier alpha value is -2.52. The number of nitriles is 1. The molecule has 2 heterocycles. The second-order valence-corrected chi connectivity index (χ2v) is 4.61. The van der Waals surface area contributed by atoms with Crippen LogP contribution in [-0.4, -0.2) is 36.1 Å². The molecule has 0 spiro atoms. The van der Waals surface area contributed by atoms with Crippen LogP contribution in [0.4, 0.5) is 11.5 Å². The monoisotopic (exact) mass is 269 g/mol. The number of rotatable bonds is 2. The molecule has 6 nitrogen and oxygen atoms in total. The first kappa shape index (κ1) is 12.5. The molecule has 1 aromatic heterocycles. The standard InChI is InChI=1S/C14H15N5O/c15-9-11-1-3-12(4-2-11)19-10-13(16)14(17-19)18-5-7-20-8-6-18/h1-4,10H,5-8,16H2. The molecule has 1 aromatic carbocycles. The summed E-state index contributed by atoms with van der Waals surface area (Å²) >= 11 is 0. The van der Waals surface area contributed by atoms with Gasteiger partial charge in [-0.2, -0.15) is 5.26 Å². The molecule has 1 aliphatic rings. The highest BCUT2D eigenvalue weighted by Gasteiger charge is 2.17. The van der Waals surface area contributed by atoms with Gasteiger partial charge in [0, 0.05) is 13.1 Å². The molecule has 0 radical (unpaired) electrons. The lowest BCUT2D eigenvalue weighted by Gasteiger charge is -2.26. The van der Waals surface area contributed by atoms with Crippen LogP contribution >= 0.6 is 0 Å². The maximum Gasteiger partial charge on any atom is 0.174 e. The molecule has 20 heavy (non-hydrogen) atoms. The summed E-state index contributed by atoms with van der Waals surface area (Å²) in [4.78, 5) is 2.12. The number of hydrogen-bond acceptors (Lipinski definition) is 5. The fourth-order valence-corrected chi connectivity index (χ4v) is 2.22. The van der Waals surface area contributed by atoms with Crippen molar-refractivity contribution in [1.29, 1.82) is 5.26 Å². The summed E-state index contributed by atoms with van der Waals surface area (Å²) < 4.78 is 7.07. The molecule has 0 atom stereocenters. The van der Waals surface area contributed by atoms with E-state index in [-0.39, 0.29) is 0 Å². The first-order valence-corrected chi connectivity index (χ1v) is 6.46. The van der Waals surface area contributed by atoms with E-state index in [0.29, 0.717) is 24.5 Å². The minimum atomic E-state index is 0.627. The molecule has 6 heteroatoms. The lowest BCUT2D eigenvalue weighted by atomic mass is 10.2. The van der Waals surface area contributed by atoms with E-state index in [1.165, 1.54) is 0 Å². The van der Waals surface area contributed by atoms with Crippen molar-refractivity contribution in [2.45, 2.75) is 0 Å². The van der Waals surface area contributed by atoms with Crippen LogP contribution in [0.25, 0.3) is 5.69 Å². The Kier molecular flexibility index (Phi) is 3.27.